The predicted octanol–water partition coefficient (Wildman–Crippen LogP) is 6.62. The van der Waals surface area contributed by atoms with Gasteiger partial charge in [-0.2, -0.15) is 0 Å². The number of carbonyl (C=O) groups is 4. The summed E-state index contributed by atoms with van der Waals surface area (Å²) in [6, 6.07) is 23.1. The van der Waals surface area contributed by atoms with Crippen LogP contribution in [0, 0.1) is 6.92 Å². The Labute approximate surface area is 420 Å². The molecule has 18 heteroatoms. The van der Waals surface area contributed by atoms with E-state index in [9.17, 15) is 19.2 Å². The van der Waals surface area contributed by atoms with Crippen LogP contribution in [-0.2, 0) is 52.3 Å². The Kier molecular flexibility index (Phi) is 20.9. The van der Waals surface area contributed by atoms with Crippen molar-refractivity contribution in [1.82, 2.24) is 0 Å². The third kappa shape index (κ3) is 15.1. The van der Waals surface area contributed by atoms with Gasteiger partial charge in [0.1, 0.15) is 36.1 Å². The summed E-state index contributed by atoms with van der Waals surface area (Å²) in [4.78, 5) is 60.6. The lowest BCUT2D eigenvalue weighted by Crippen LogP contribution is -2.33. The molecule has 3 aliphatic rings. The summed E-state index contributed by atoms with van der Waals surface area (Å²) < 4.78 is 57.1. The van der Waals surface area contributed by atoms with Crippen molar-refractivity contribution in [3.8, 4) is 33.9 Å². The molecule has 388 valence electrons. The monoisotopic (exact) mass is 996 g/mol. The summed E-state index contributed by atoms with van der Waals surface area (Å²) >= 11 is 0. The van der Waals surface area contributed by atoms with E-state index in [0.717, 1.165) is 44.8 Å². The molecule has 3 aromatic rings. The van der Waals surface area contributed by atoms with Crippen molar-refractivity contribution in [2.24, 2.45) is 4.99 Å². The number of hydrogen-bond acceptors (Lipinski definition) is 18. The lowest BCUT2D eigenvalue weighted by molar-refractivity contribution is -0.143. The zero-order chi connectivity index (χ0) is 51.4. The maximum absolute atomic E-state index is 12.5. The zero-order valence-corrected chi connectivity index (χ0v) is 42.5. The average Bonchev–Trinajstić information content (AvgIpc) is 3.39. The van der Waals surface area contributed by atoms with Gasteiger partial charge in [-0.05, 0) is 73.0 Å². The molecule has 0 bridgehead atoms. The molecular weight excluding hydrogens is 929 g/mol. The van der Waals surface area contributed by atoms with Crippen molar-refractivity contribution in [2.75, 3.05) is 136 Å². The summed E-state index contributed by atoms with van der Waals surface area (Å²) in [6.45, 7) is 7.43. The number of ether oxygens (including phenoxy) is 9. The van der Waals surface area contributed by atoms with Gasteiger partial charge in [-0.25, -0.2) is 0 Å². The highest BCUT2D eigenvalue weighted by molar-refractivity contribution is 6.03. The van der Waals surface area contributed by atoms with E-state index in [1.54, 1.807) is 20.3 Å². The molecule has 1 atom stereocenters. The second kappa shape index (κ2) is 27.6. The first kappa shape index (κ1) is 54.4. The molecule has 6 rings (SSSR count). The van der Waals surface area contributed by atoms with Gasteiger partial charge >= 0.3 is 23.9 Å². The molecule has 2 heterocycles. The largest absolute Gasteiger partial charge is 0.488 e. The number of hydrogen-bond donors (Lipinski definition) is 0. The third-order valence-corrected chi connectivity index (χ3v) is 12.3. The van der Waals surface area contributed by atoms with Gasteiger partial charge < -0.3 is 61.7 Å². The summed E-state index contributed by atoms with van der Waals surface area (Å²) in [5.41, 5.74) is 6.48. The molecule has 0 aromatic heterocycles. The summed E-state index contributed by atoms with van der Waals surface area (Å²) in [6.07, 6.45) is 0.423. The van der Waals surface area contributed by atoms with E-state index in [0.29, 0.717) is 80.7 Å². The minimum absolute atomic E-state index is 0.0470. The smallest absolute Gasteiger partial charge is 0.307 e. The highest BCUT2D eigenvalue weighted by atomic mass is 16.5. The SMILES string of the molecule is COCCN1CCOCCN(CCOC)c2ccc(-c3c4ccc(=NC(CCC(=O)OC)CC(=O)OC)cc-4oc4cc(N(CCC(=O)OC)CCC(=O)OC)ccc34)cc2OCCOc2cc(C)ccc21. The molecule has 1 unspecified atom stereocenters. The normalized spacial score (nSPS) is 14.0. The van der Waals surface area contributed by atoms with Crippen LogP contribution < -0.4 is 29.5 Å². The molecule has 72 heavy (non-hydrogen) atoms. The Morgan fingerprint density at radius 2 is 1.25 bits per heavy atom. The van der Waals surface area contributed by atoms with E-state index >= 15 is 0 Å². The van der Waals surface area contributed by atoms with Gasteiger partial charge in [0, 0.05) is 94.2 Å². The van der Waals surface area contributed by atoms with Gasteiger partial charge in [-0.3, -0.25) is 24.2 Å². The second-order valence-electron chi connectivity index (χ2n) is 17.1. The molecule has 1 aliphatic carbocycles. The van der Waals surface area contributed by atoms with Crippen molar-refractivity contribution in [3.63, 3.8) is 0 Å². The number of fused-ring (bicyclic) bond motifs is 4. The Bertz CT molecular complexity index is 2610. The van der Waals surface area contributed by atoms with Crippen molar-refractivity contribution < 1.29 is 66.2 Å². The number of rotatable bonds is 20. The molecule has 2 aliphatic heterocycles. The summed E-state index contributed by atoms with van der Waals surface area (Å²) in [5.74, 6) is 0.171. The number of benzene rings is 4. The fourth-order valence-corrected chi connectivity index (χ4v) is 8.48. The first-order valence-corrected chi connectivity index (χ1v) is 24.1. The molecule has 0 radical (unpaired) electrons. The second-order valence-corrected chi connectivity index (χ2v) is 17.1. The van der Waals surface area contributed by atoms with Crippen molar-refractivity contribution in [3.05, 3.63) is 83.7 Å². The van der Waals surface area contributed by atoms with E-state index in [4.69, 9.17) is 52.0 Å². The molecular formula is C54H68N4O14. The van der Waals surface area contributed by atoms with Crippen LogP contribution in [0.2, 0.25) is 0 Å². The van der Waals surface area contributed by atoms with Gasteiger partial charge in [0.15, 0.2) is 0 Å². The van der Waals surface area contributed by atoms with Gasteiger partial charge in [0.05, 0.1) is 96.9 Å². The molecule has 0 saturated carbocycles. The van der Waals surface area contributed by atoms with E-state index in [-0.39, 0.29) is 58.4 Å². The van der Waals surface area contributed by atoms with Crippen molar-refractivity contribution in [1.29, 1.82) is 0 Å². The van der Waals surface area contributed by atoms with Crippen molar-refractivity contribution in [2.45, 2.75) is 45.1 Å². The van der Waals surface area contributed by atoms with Gasteiger partial charge in [0.25, 0.3) is 0 Å². The van der Waals surface area contributed by atoms with E-state index in [2.05, 4.69) is 28.0 Å². The van der Waals surface area contributed by atoms with E-state index in [1.807, 2.05) is 60.4 Å². The number of anilines is 3. The van der Waals surface area contributed by atoms with E-state index in [1.165, 1.54) is 28.4 Å². The Hall–Kier alpha value is -6.89. The molecule has 3 aromatic carbocycles. The molecule has 0 N–H and O–H groups in total. The van der Waals surface area contributed by atoms with Gasteiger partial charge in [-0.1, -0.05) is 12.1 Å². The van der Waals surface area contributed by atoms with E-state index < -0.39 is 29.9 Å². The number of esters is 4. The van der Waals surface area contributed by atoms with Gasteiger partial charge in [0.2, 0.25) is 0 Å². The van der Waals surface area contributed by atoms with Crippen LogP contribution in [0.5, 0.6) is 11.5 Å². The number of aryl methyl sites for hydroxylation is 1. The van der Waals surface area contributed by atoms with Crippen LogP contribution in [0.4, 0.5) is 17.1 Å². The third-order valence-electron chi connectivity index (χ3n) is 12.3. The molecule has 0 saturated heterocycles. The Balaban J connectivity index is 1.50. The average molecular weight is 997 g/mol. The van der Waals surface area contributed by atoms with Crippen LogP contribution in [0.1, 0.15) is 37.7 Å². The highest BCUT2D eigenvalue weighted by Gasteiger charge is 2.24. The van der Waals surface area contributed by atoms with Crippen LogP contribution in [0.15, 0.2) is 82.2 Å². The first-order valence-electron chi connectivity index (χ1n) is 24.1. The lowest BCUT2D eigenvalue weighted by atomic mass is 9.93. The zero-order valence-electron chi connectivity index (χ0n) is 42.5. The van der Waals surface area contributed by atoms with Crippen LogP contribution >= 0.6 is 0 Å². The minimum Gasteiger partial charge on any atom is -0.488 e. The van der Waals surface area contributed by atoms with Crippen LogP contribution in [0.25, 0.3) is 33.4 Å². The summed E-state index contributed by atoms with van der Waals surface area (Å²) in [5, 5.41) is 1.29. The maximum atomic E-state index is 12.5. The standard InChI is InChI=1S/C54H68N4O14/c1-37-8-15-44-48(32-37)70-30-31-71-49-33-38(9-16-45(49)58(23-27-64-3)25-29-69-28-24-57(44)22-26-63-2)54-42-13-10-39(55-40(35-53(62)68-7)11-17-50(59)65-4)34-46(42)72-47-36-41(12-14-43(47)54)56(20-18-51(60)66-5)21-19-52(61)67-6/h8-10,12-16,32-34,36,40H,11,17-31,35H2,1-7H3. The fourth-order valence-electron chi connectivity index (χ4n) is 8.48. The molecule has 0 spiro atoms. The maximum Gasteiger partial charge on any atom is 0.307 e. The van der Waals surface area contributed by atoms with Crippen LogP contribution in [-0.4, -0.2) is 151 Å². The fraction of sp³-hybridized carbons (Fsp3) is 0.463. The number of methoxy groups -OCH3 is 6. The minimum atomic E-state index is -0.591. The van der Waals surface area contributed by atoms with Crippen molar-refractivity contribution >= 4 is 51.9 Å². The number of carbonyl (C=O) groups excluding carboxylic acids is 4. The predicted molar refractivity (Wildman–Crippen MR) is 272 cm³/mol. The number of nitrogens with zero attached hydrogens (tertiary/aromatic N) is 4. The molecule has 0 amide bonds. The van der Waals surface area contributed by atoms with Gasteiger partial charge in [-0.15, -0.1) is 0 Å². The highest BCUT2D eigenvalue weighted by Crippen LogP contribution is 2.44. The first-order chi connectivity index (χ1) is 35.0. The Morgan fingerprint density at radius 3 is 1.86 bits per heavy atom. The molecule has 0 fully saturated rings. The van der Waals surface area contributed by atoms with Crippen LogP contribution in [0.3, 0.4) is 0 Å². The molecule has 18 nitrogen and oxygen atoms in total. The lowest BCUT2D eigenvalue weighted by Gasteiger charge is -2.28. The summed E-state index contributed by atoms with van der Waals surface area (Å²) in [7, 11) is 8.66. The Morgan fingerprint density at radius 1 is 0.653 bits per heavy atom. The quantitative estimate of drug-likeness (QED) is 0.0459. The topological polar surface area (TPSA) is 187 Å².